The van der Waals surface area contributed by atoms with E-state index >= 15 is 0 Å². The van der Waals surface area contributed by atoms with Gasteiger partial charge < -0.3 is 49.1 Å². The topological polar surface area (TPSA) is 261 Å². The van der Waals surface area contributed by atoms with Gasteiger partial charge in [0, 0.05) is 6.54 Å². The van der Waals surface area contributed by atoms with Crippen LogP contribution in [0.3, 0.4) is 0 Å². The van der Waals surface area contributed by atoms with Crippen LogP contribution in [-0.2, 0) is 25.6 Å². The highest BCUT2D eigenvalue weighted by atomic mass is 16.4. The highest BCUT2D eigenvalue weighted by molar-refractivity contribution is 5.93. The summed E-state index contributed by atoms with van der Waals surface area (Å²) in [7, 11) is 0. The molecule has 0 bridgehead atoms. The van der Waals surface area contributed by atoms with Crippen molar-refractivity contribution in [2.45, 2.75) is 56.7 Å². The number of guanidine groups is 1. The lowest BCUT2D eigenvalue weighted by Gasteiger charge is -2.24. The Kier molecular flexibility index (Phi) is 14.1. The van der Waals surface area contributed by atoms with Crippen molar-refractivity contribution in [1.29, 1.82) is 0 Å². The molecule has 0 saturated carbocycles. The molecular formula is C23H38N8O6. The molecule has 37 heavy (non-hydrogen) atoms. The molecule has 3 unspecified atom stereocenters. The van der Waals surface area contributed by atoms with E-state index in [1.807, 2.05) is 0 Å². The van der Waals surface area contributed by atoms with Crippen molar-refractivity contribution in [2.75, 3.05) is 19.6 Å². The van der Waals surface area contributed by atoms with Crippen LogP contribution in [-0.4, -0.2) is 77.6 Å². The highest BCUT2D eigenvalue weighted by Crippen LogP contribution is 2.11. The van der Waals surface area contributed by atoms with Gasteiger partial charge in [0.25, 0.3) is 0 Å². The van der Waals surface area contributed by atoms with Gasteiger partial charge in [0.05, 0.1) is 6.04 Å². The first-order valence-electron chi connectivity index (χ1n) is 11.9. The van der Waals surface area contributed by atoms with Crippen LogP contribution in [0.25, 0.3) is 0 Å². The van der Waals surface area contributed by atoms with E-state index < -0.39 is 48.4 Å². The predicted octanol–water partition coefficient (Wildman–Crippen LogP) is -2.38. The van der Waals surface area contributed by atoms with Crippen LogP contribution in [0.5, 0.6) is 5.75 Å². The smallest absolute Gasteiger partial charge is 0.322 e. The Morgan fingerprint density at radius 3 is 2.08 bits per heavy atom. The van der Waals surface area contributed by atoms with E-state index in [4.69, 9.17) is 28.0 Å². The molecule has 14 nitrogen and oxygen atoms in total. The molecule has 3 atom stereocenters. The van der Waals surface area contributed by atoms with Gasteiger partial charge >= 0.3 is 5.97 Å². The van der Waals surface area contributed by atoms with Crippen LogP contribution in [0, 0.1) is 0 Å². The monoisotopic (exact) mass is 522 g/mol. The third-order valence-corrected chi connectivity index (χ3v) is 5.30. The molecule has 0 aliphatic rings. The average Bonchev–Trinajstić information content (AvgIpc) is 2.84. The molecule has 206 valence electrons. The molecule has 1 aromatic carbocycles. The maximum absolute atomic E-state index is 13.1. The second-order valence-electron chi connectivity index (χ2n) is 8.44. The number of nitrogens with one attached hydrogen (secondary N) is 3. The number of nitrogens with zero attached hydrogens (tertiary/aromatic N) is 1. The zero-order valence-electron chi connectivity index (χ0n) is 20.7. The molecular weight excluding hydrogens is 484 g/mol. The van der Waals surface area contributed by atoms with Gasteiger partial charge in [-0.1, -0.05) is 12.1 Å². The number of unbranched alkanes of at least 4 members (excludes halogenated alkanes) is 1. The minimum absolute atomic E-state index is 0.0766. The Balaban J connectivity index is 2.93. The summed E-state index contributed by atoms with van der Waals surface area (Å²) in [6, 6.07) is 3.13. The lowest BCUT2D eigenvalue weighted by atomic mass is 10.0. The first kappa shape index (κ1) is 31.1. The Morgan fingerprint density at radius 2 is 1.49 bits per heavy atom. The lowest BCUT2D eigenvalue weighted by Crippen LogP contribution is -2.56. The third-order valence-electron chi connectivity index (χ3n) is 5.30. The fraction of sp³-hybridized carbons (Fsp3) is 0.522. The zero-order valence-corrected chi connectivity index (χ0v) is 20.7. The van der Waals surface area contributed by atoms with Crippen molar-refractivity contribution in [1.82, 2.24) is 16.0 Å². The summed E-state index contributed by atoms with van der Waals surface area (Å²) in [5.41, 5.74) is 22.9. The summed E-state index contributed by atoms with van der Waals surface area (Å²) >= 11 is 0. The molecule has 0 fully saturated rings. The van der Waals surface area contributed by atoms with Crippen LogP contribution in [0.15, 0.2) is 29.3 Å². The van der Waals surface area contributed by atoms with Crippen molar-refractivity contribution in [3.05, 3.63) is 29.8 Å². The Bertz CT molecular complexity index is 920. The summed E-state index contributed by atoms with van der Waals surface area (Å²) in [6.07, 6.45) is 1.99. The second-order valence-corrected chi connectivity index (χ2v) is 8.44. The molecule has 0 aromatic heterocycles. The SMILES string of the molecule is NCCCCC(NC(=O)C(CCCN=C(N)N)NC(=O)C(N)Cc1ccc(O)cc1)C(=O)NCC(=O)O. The van der Waals surface area contributed by atoms with Gasteiger partial charge in [-0.05, 0) is 62.8 Å². The standard InChI is InChI=1S/C23H38N8O6/c24-10-2-1-4-17(21(36)29-13-19(33)34)31-22(37)18(5-3-11-28-23(26)27)30-20(35)16(25)12-14-6-8-15(32)9-7-14/h6-9,16-18,32H,1-5,10-13,24-25H2,(H,29,36)(H,30,35)(H,31,37)(H,33,34)(H4,26,27,28). The number of carbonyl (C=O) groups excluding carboxylic acids is 3. The van der Waals surface area contributed by atoms with Crippen LogP contribution in [0.2, 0.25) is 0 Å². The largest absolute Gasteiger partial charge is 0.508 e. The first-order valence-corrected chi connectivity index (χ1v) is 11.9. The molecule has 1 rings (SSSR count). The number of rotatable bonds is 17. The number of benzene rings is 1. The number of aliphatic carboxylic acids is 1. The van der Waals surface area contributed by atoms with E-state index in [1.165, 1.54) is 12.1 Å². The van der Waals surface area contributed by atoms with Crippen LogP contribution >= 0.6 is 0 Å². The van der Waals surface area contributed by atoms with Crippen LogP contribution < -0.4 is 38.9 Å². The predicted molar refractivity (Wildman–Crippen MR) is 137 cm³/mol. The molecule has 3 amide bonds. The number of carboxylic acids is 1. The number of nitrogens with two attached hydrogens (primary N) is 4. The minimum atomic E-state index is -1.23. The molecule has 0 heterocycles. The van der Waals surface area contributed by atoms with Crippen molar-refractivity contribution in [3.63, 3.8) is 0 Å². The molecule has 14 heteroatoms. The van der Waals surface area contributed by atoms with Crippen LogP contribution in [0.1, 0.15) is 37.7 Å². The van der Waals surface area contributed by atoms with E-state index in [-0.39, 0.29) is 37.5 Å². The van der Waals surface area contributed by atoms with E-state index in [9.17, 15) is 24.3 Å². The third kappa shape index (κ3) is 13.1. The maximum atomic E-state index is 13.1. The molecule has 0 aliphatic carbocycles. The van der Waals surface area contributed by atoms with Crippen molar-refractivity contribution in [2.24, 2.45) is 27.9 Å². The van der Waals surface area contributed by atoms with E-state index in [2.05, 4.69) is 20.9 Å². The number of aromatic hydroxyl groups is 1. The summed E-state index contributed by atoms with van der Waals surface area (Å²) in [5.74, 6) is -3.16. The summed E-state index contributed by atoms with van der Waals surface area (Å²) in [4.78, 5) is 53.1. The van der Waals surface area contributed by atoms with Gasteiger partial charge in [-0.25, -0.2) is 0 Å². The van der Waals surface area contributed by atoms with E-state index in [0.717, 1.165) is 0 Å². The molecule has 0 spiro atoms. The van der Waals surface area contributed by atoms with E-state index in [0.29, 0.717) is 31.4 Å². The van der Waals surface area contributed by atoms with Gasteiger partial charge in [0.15, 0.2) is 5.96 Å². The number of phenolic OH excluding ortho intramolecular Hbond substituents is 1. The minimum Gasteiger partial charge on any atom is -0.508 e. The summed E-state index contributed by atoms with van der Waals surface area (Å²) < 4.78 is 0. The molecule has 0 aliphatic heterocycles. The van der Waals surface area contributed by atoms with Gasteiger partial charge in [0.2, 0.25) is 17.7 Å². The molecule has 0 radical (unpaired) electrons. The number of carbonyl (C=O) groups is 4. The first-order chi connectivity index (χ1) is 17.5. The number of aliphatic imine (C=N–C) groups is 1. The number of carboxylic acid groups (broad SMARTS) is 1. The highest BCUT2D eigenvalue weighted by Gasteiger charge is 2.28. The van der Waals surface area contributed by atoms with Crippen molar-refractivity contribution >= 4 is 29.7 Å². The Morgan fingerprint density at radius 1 is 0.892 bits per heavy atom. The Labute approximate surface area is 215 Å². The molecule has 0 saturated heterocycles. The number of phenols is 1. The Hall–Kier alpha value is -3.91. The number of amides is 3. The average molecular weight is 523 g/mol. The van der Waals surface area contributed by atoms with Crippen molar-refractivity contribution < 1.29 is 29.4 Å². The maximum Gasteiger partial charge on any atom is 0.322 e. The molecule has 1 aromatic rings. The summed E-state index contributed by atoms with van der Waals surface area (Å²) in [6.45, 7) is -0.00668. The van der Waals surface area contributed by atoms with Gasteiger partial charge in [-0.2, -0.15) is 0 Å². The molecule has 13 N–H and O–H groups in total. The lowest BCUT2D eigenvalue weighted by molar-refractivity contribution is -0.138. The van der Waals surface area contributed by atoms with Gasteiger partial charge in [-0.3, -0.25) is 24.2 Å². The quantitative estimate of drug-likeness (QED) is 0.0595. The van der Waals surface area contributed by atoms with Crippen molar-refractivity contribution in [3.8, 4) is 5.75 Å². The normalized spacial score (nSPS) is 13.0. The second kappa shape index (κ2) is 16.7. The van der Waals surface area contributed by atoms with Gasteiger partial charge in [-0.15, -0.1) is 0 Å². The summed E-state index contributed by atoms with van der Waals surface area (Å²) in [5, 5.41) is 25.7. The van der Waals surface area contributed by atoms with Gasteiger partial charge in [0.1, 0.15) is 24.4 Å². The van der Waals surface area contributed by atoms with E-state index in [1.54, 1.807) is 12.1 Å². The number of hydrogen-bond donors (Lipinski definition) is 9. The number of hydrogen-bond acceptors (Lipinski definition) is 8. The fourth-order valence-corrected chi connectivity index (χ4v) is 3.35. The zero-order chi connectivity index (χ0) is 27.8. The fourth-order valence-electron chi connectivity index (χ4n) is 3.35. The van der Waals surface area contributed by atoms with Crippen LogP contribution in [0.4, 0.5) is 0 Å².